The highest BCUT2D eigenvalue weighted by Crippen LogP contribution is 2.38. The summed E-state index contributed by atoms with van der Waals surface area (Å²) in [5, 5.41) is 0. The van der Waals surface area contributed by atoms with Crippen molar-refractivity contribution in [3.05, 3.63) is 0 Å². The van der Waals surface area contributed by atoms with Crippen LogP contribution < -0.4 is 0 Å². The number of rotatable bonds is 1. The Morgan fingerprint density at radius 1 is 1.24 bits per heavy atom. The Morgan fingerprint density at radius 2 is 1.76 bits per heavy atom. The van der Waals surface area contributed by atoms with Gasteiger partial charge in [0.15, 0.2) is 0 Å². The van der Waals surface area contributed by atoms with Crippen LogP contribution in [0, 0.1) is 5.92 Å². The highest BCUT2D eigenvalue weighted by atomic mass is 16.6. The normalized spacial score (nSPS) is 32.4. The first kappa shape index (κ1) is 12.4. The summed E-state index contributed by atoms with van der Waals surface area (Å²) in [6, 6.07) is 0.414. The van der Waals surface area contributed by atoms with Crippen molar-refractivity contribution in [1.82, 2.24) is 4.90 Å². The molecule has 2 bridgehead atoms. The Hall–Kier alpha value is -1.06. The molecule has 2 aliphatic rings. The lowest BCUT2D eigenvalue weighted by molar-refractivity contribution is -0.113. The van der Waals surface area contributed by atoms with Crippen molar-refractivity contribution in [3.63, 3.8) is 0 Å². The van der Waals surface area contributed by atoms with Gasteiger partial charge in [0.05, 0.1) is 0 Å². The zero-order chi connectivity index (χ0) is 12.6. The average molecular weight is 239 g/mol. The first-order valence-corrected chi connectivity index (χ1v) is 6.37. The summed E-state index contributed by atoms with van der Waals surface area (Å²) in [7, 11) is 0. The van der Waals surface area contributed by atoms with Gasteiger partial charge in [-0.1, -0.05) is 0 Å². The number of nitrogens with zero attached hydrogens (tertiary/aromatic N) is 1. The van der Waals surface area contributed by atoms with Gasteiger partial charge in [-0.3, -0.25) is 0 Å². The minimum Gasteiger partial charge on any atom is -0.444 e. The molecule has 0 spiro atoms. The smallest absolute Gasteiger partial charge is 0.410 e. The molecule has 0 saturated carbocycles. The van der Waals surface area contributed by atoms with Crippen molar-refractivity contribution in [2.75, 3.05) is 0 Å². The molecule has 0 aromatic carbocycles. The average Bonchev–Trinajstić information content (AvgIpc) is 2.47. The Morgan fingerprint density at radius 3 is 2.18 bits per heavy atom. The molecule has 2 rings (SSSR count). The standard InChI is InChI=1S/C13H21NO3/c1-13(2,3)17-12(16)14-10-4-5-11(14)7-9(6-10)8-15/h8-11H,4-7H2,1-3H3/t10-,11-/m1/s1. The molecule has 96 valence electrons. The van der Waals surface area contributed by atoms with Crippen LogP contribution in [-0.2, 0) is 9.53 Å². The number of hydrogen-bond donors (Lipinski definition) is 0. The van der Waals surface area contributed by atoms with E-state index in [0.717, 1.165) is 32.0 Å². The Bertz CT molecular complexity index is 307. The molecule has 0 unspecified atom stereocenters. The van der Waals surface area contributed by atoms with Gasteiger partial charge in [-0.15, -0.1) is 0 Å². The lowest BCUT2D eigenvalue weighted by Gasteiger charge is -2.38. The van der Waals surface area contributed by atoms with E-state index in [0.29, 0.717) is 0 Å². The van der Waals surface area contributed by atoms with E-state index >= 15 is 0 Å². The highest BCUT2D eigenvalue weighted by Gasteiger charge is 2.44. The number of hydrogen-bond acceptors (Lipinski definition) is 3. The van der Waals surface area contributed by atoms with E-state index < -0.39 is 5.60 Å². The van der Waals surface area contributed by atoms with Crippen molar-refractivity contribution >= 4 is 12.4 Å². The molecule has 2 atom stereocenters. The van der Waals surface area contributed by atoms with Crippen molar-refractivity contribution in [3.8, 4) is 0 Å². The summed E-state index contributed by atoms with van der Waals surface area (Å²) >= 11 is 0. The Kier molecular flexibility index (Phi) is 3.15. The SMILES string of the molecule is CC(C)(C)OC(=O)N1[C@@H]2CC[C@@H]1CC(C=O)C2. The lowest BCUT2D eigenvalue weighted by Crippen LogP contribution is -2.48. The molecular weight excluding hydrogens is 218 g/mol. The second-order valence-corrected chi connectivity index (χ2v) is 6.14. The second-order valence-electron chi connectivity index (χ2n) is 6.14. The molecule has 0 N–H and O–H groups in total. The number of aldehydes is 1. The van der Waals surface area contributed by atoms with E-state index in [1.165, 1.54) is 0 Å². The summed E-state index contributed by atoms with van der Waals surface area (Å²) < 4.78 is 5.43. The molecule has 4 heteroatoms. The third kappa shape index (κ3) is 2.61. The highest BCUT2D eigenvalue weighted by molar-refractivity contribution is 5.70. The number of amides is 1. The van der Waals surface area contributed by atoms with Crippen LogP contribution in [0.1, 0.15) is 46.5 Å². The van der Waals surface area contributed by atoms with Gasteiger partial charge < -0.3 is 14.4 Å². The summed E-state index contributed by atoms with van der Waals surface area (Å²) in [6.45, 7) is 5.64. The number of piperidine rings is 1. The molecule has 0 aromatic heterocycles. The molecule has 4 nitrogen and oxygen atoms in total. The van der Waals surface area contributed by atoms with Gasteiger partial charge in [-0.2, -0.15) is 0 Å². The van der Waals surface area contributed by atoms with Crippen molar-refractivity contribution < 1.29 is 14.3 Å². The van der Waals surface area contributed by atoms with Gasteiger partial charge in [0.2, 0.25) is 0 Å². The van der Waals surface area contributed by atoms with Gasteiger partial charge in [-0.05, 0) is 46.5 Å². The quantitative estimate of drug-likeness (QED) is 0.660. The van der Waals surface area contributed by atoms with Gasteiger partial charge in [0.1, 0.15) is 11.9 Å². The van der Waals surface area contributed by atoms with Crippen molar-refractivity contribution in [2.24, 2.45) is 5.92 Å². The summed E-state index contributed by atoms with van der Waals surface area (Å²) in [5.41, 5.74) is -0.446. The molecule has 1 amide bonds. The third-order valence-corrected chi connectivity index (χ3v) is 3.57. The third-order valence-electron chi connectivity index (χ3n) is 3.57. The fraction of sp³-hybridized carbons (Fsp3) is 0.846. The minimum atomic E-state index is -0.446. The lowest BCUT2D eigenvalue weighted by atomic mass is 9.92. The monoisotopic (exact) mass is 239 g/mol. The molecule has 0 aliphatic carbocycles. The topological polar surface area (TPSA) is 46.6 Å². The zero-order valence-electron chi connectivity index (χ0n) is 10.8. The van der Waals surface area contributed by atoms with Crippen LogP contribution in [0.4, 0.5) is 4.79 Å². The minimum absolute atomic E-state index is 0.131. The fourth-order valence-corrected chi connectivity index (χ4v) is 2.94. The number of fused-ring (bicyclic) bond motifs is 2. The van der Waals surface area contributed by atoms with E-state index in [4.69, 9.17) is 4.74 Å². The molecule has 2 heterocycles. The molecular formula is C13H21NO3. The van der Waals surface area contributed by atoms with Crippen LogP contribution in [0.2, 0.25) is 0 Å². The Balaban J connectivity index is 2.04. The van der Waals surface area contributed by atoms with Crippen molar-refractivity contribution in [1.29, 1.82) is 0 Å². The number of carbonyl (C=O) groups excluding carboxylic acids is 2. The maximum atomic E-state index is 12.1. The molecule has 0 radical (unpaired) electrons. The first-order chi connectivity index (χ1) is 7.90. The molecule has 2 aliphatic heterocycles. The first-order valence-electron chi connectivity index (χ1n) is 6.37. The summed E-state index contributed by atoms with van der Waals surface area (Å²) in [6.07, 6.45) is 4.45. The fourth-order valence-electron chi connectivity index (χ4n) is 2.94. The van der Waals surface area contributed by atoms with Gasteiger partial charge in [0, 0.05) is 18.0 Å². The van der Waals surface area contributed by atoms with Gasteiger partial charge >= 0.3 is 6.09 Å². The molecule has 17 heavy (non-hydrogen) atoms. The van der Waals surface area contributed by atoms with Crippen LogP contribution in [0.3, 0.4) is 0 Å². The summed E-state index contributed by atoms with van der Waals surface area (Å²) in [4.78, 5) is 24.8. The maximum Gasteiger partial charge on any atom is 0.410 e. The van der Waals surface area contributed by atoms with Crippen LogP contribution >= 0.6 is 0 Å². The summed E-state index contributed by atoms with van der Waals surface area (Å²) in [5.74, 6) is 0.131. The molecule has 2 saturated heterocycles. The van der Waals surface area contributed by atoms with E-state index in [2.05, 4.69) is 0 Å². The van der Waals surface area contributed by atoms with E-state index in [1.54, 1.807) is 0 Å². The zero-order valence-corrected chi connectivity index (χ0v) is 10.8. The van der Waals surface area contributed by atoms with E-state index in [9.17, 15) is 9.59 Å². The van der Waals surface area contributed by atoms with Crippen LogP contribution in [0.15, 0.2) is 0 Å². The predicted molar refractivity (Wildman–Crippen MR) is 63.7 cm³/mol. The van der Waals surface area contributed by atoms with Crippen LogP contribution in [0.25, 0.3) is 0 Å². The van der Waals surface area contributed by atoms with E-state index in [1.807, 2.05) is 25.7 Å². The maximum absolute atomic E-state index is 12.1. The predicted octanol–water partition coefficient (Wildman–Crippen LogP) is 2.36. The van der Waals surface area contributed by atoms with Crippen molar-refractivity contribution in [2.45, 2.75) is 64.1 Å². The number of ether oxygens (including phenoxy) is 1. The van der Waals surface area contributed by atoms with Crippen LogP contribution in [-0.4, -0.2) is 35.0 Å². The largest absolute Gasteiger partial charge is 0.444 e. The Labute approximate surface area is 102 Å². The van der Waals surface area contributed by atoms with Gasteiger partial charge in [0.25, 0.3) is 0 Å². The van der Waals surface area contributed by atoms with Crippen LogP contribution in [0.5, 0.6) is 0 Å². The molecule has 0 aromatic rings. The second kappa shape index (κ2) is 4.31. The molecule has 2 fully saturated rings. The van der Waals surface area contributed by atoms with E-state index in [-0.39, 0.29) is 24.1 Å². The number of carbonyl (C=O) groups is 2. The van der Waals surface area contributed by atoms with Gasteiger partial charge in [-0.25, -0.2) is 4.79 Å².